The minimum Gasteiger partial charge on any atom is -0.334 e. The van der Waals surface area contributed by atoms with E-state index in [0.29, 0.717) is 5.89 Å². The molecule has 0 aliphatic heterocycles. The third-order valence-corrected chi connectivity index (χ3v) is 2.21. The standard InChI is InChI=1S/C11H11N2O2/c1-7-3-4-9(8(2)5-7)11-12-10(6-14)13-15-11/h3-5H,6H2,1-2H3. The van der Waals surface area contributed by atoms with E-state index in [9.17, 15) is 5.11 Å². The van der Waals surface area contributed by atoms with E-state index >= 15 is 0 Å². The molecule has 1 heterocycles. The first-order valence-electron chi connectivity index (χ1n) is 4.69. The number of hydrogen-bond acceptors (Lipinski definition) is 3. The van der Waals surface area contributed by atoms with Gasteiger partial charge in [-0.25, -0.2) is 5.11 Å². The van der Waals surface area contributed by atoms with Crippen LogP contribution in [-0.4, -0.2) is 10.1 Å². The topological polar surface area (TPSA) is 58.8 Å². The average Bonchev–Trinajstić information content (AvgIpc) is 2.66. The lowest BCUT2D eigenvalue weighted by molar-refractivity contribution is 0.166. The van der Waals surface area contributed by atoms with Crippen LogP contribution in [0, 0.1) is 13.8 Å². The van der Waals surface area contributed by atoms with Gasteiger partial charge in [0.2, 0.25) is 5.82 Å². The molecule has 2 aromatic rings. The van der Waals surface area contributed by atoms with E-state index in [1.807, 2.05) is 32.0 Å². The van der Waals surface area contributed by atoms with Crippen molar-refractivity contribution in [3.63, 3.8) is 0 Å². The Morgan fingerprint density at radius 3 is 2.73 bits per heavy atom. The van der Waals surface area contributed by atoms with Crippen molar-refractivity contribution < 1.29 is 9.63 Å². The van der Waals surface area contributed by atoms with Crippen LogP contribution < -0.4 is 0 Å². The van der Waals surface area contributed by atoms with E-state index in [1.165, 1.54) is 5.56 Å². The first-order chi connectivity index (χ1) is 7.20. The van der Waals surface area contributed by atoms with Gasteiger partial charge in [0.05, 0.1) is 0 Å². The minimum absolute atomic E-state index is 0.199. The summed E-state index contributed by atoms with van der Waals surface area (Å²) in [5.41, 5.74) is 3.13. The van der Waals surface area contributed by atoms with Crippen molar-refractivity contribution in [1.29, 1.82) is 0 Å². The van der Waals surface area contributed by atoms with Crippen LogP contribution in [0.15, 0.2) is 22.7 Å². The molecule has 1 aromatic heterocycles. The van der Waals surface area contributed by atoms with Crippen LogP contribution in [0.4, 0.5) is 0 Å². The fourth-order valence-electron chi connectivity index (χ4n) is 1.48. The molecule has 1 aromatic carbocycles. The molecule has 2 rings (SSSR count). The molecule has 0 aliphatic rings. The molecular weight excluding hydrogens is 192 g/mol. The summed E-state index contributed by atoms with van der Waals surface area (Å²) >= 11 is 0. The third-order valence-electron chi connectivity index (χ3n) is 2.21. The Morgan fingerprint density at radius 2 is 2.13 bits per heavy atom. The maximum atomic E-state index is 10.5. The van der Waals surface area contributed by atoms with E-state index in [0.717, 1.165) is 11.1 Å². The van der Waals surface area contributed by atoms with Gasteiger partial charge in [-0.1, -0.05) is 22.9 Å². The maximum absolute atomic E-state index is 10.5. The van der Waals surface area contributed by atoms with Gasteiger partial charge in [0, 0.05) is 5.56 Å². The fraction of sp³-hybridized carbons (Fsp3) is 0.273. The molecule has 0 saturated heterocycles. The molecule has 0 aliphatic carbocycles. The lowest BCUT2D eigenvalue weighted by atomic mass is 10.1. The van der Waals surface area contributed by atoms with Crippen molar-refractivity contribution in [2.75, 3.05) is 0 Å². The smallest absolute Gasteiger partial charge is 0.258 e. The average molecular weight is 203 g/mol. The van der Waals surface area contributed by atoms with Gasteiger partial charge in [-0.15, -0.1) is 0 Å². The lowest BCUT2D eigenvalue weighted by Gasteiger charge is -2.00. The zero-order chi connectivity index (χ0) is 10.8. The van der Waals surface area contributed by atoms with Gasteiger partial charge < -0.3 is 4.52 Å². The summed E-state index contributed by atoms with van der Waals surface area (Å²) in [5.74, 6) is 0.614. The van der Waals surface area contributed by atoms with Crippen molar-refractivity contribution in [2.24, 2.45) is 0 Å². The number of rotatable bonds is 2. The highest BCUT2D eigenvalue weighted by molar-refractivity contribution is 5.58. The number of hydrogen-bond donors (Lipinski definition) is 0. The Kier molecular flexibility index (Phi) is 2.51. The fourth-order valence-corrected chi connectivity index (χ4v) is 1.48. The molecule has 0 saturated carbocycles. The molecule has 0 amide bonds. The molecule has 15 heavy (non-hydrogen) atoms. The molecule has 4 heteroatoms. The van der Waals surface area contributed by atoms with Crippen molar-refractivity contribution in [2.45, 2.75) is 20.5 Å². The summed E-state index contributed by atoms with van der Waals surface area (Å²) in [7, 11) is 0. The van der Waals surface area contributed by atoms with E-state index < -0.39 is 6.61 Å². The second kappa shape index (κ2) is 3.82. The zero-order valence-corrected chi connectivity index (χ0v) is 8.65. The van der Waals surface area contributed by atoms with Crippen LogP contribution in [0.25, 0.3) is 11.5 Å². The van der Waals surface area contributed by atoms with Crippen LogP contribution in [0.2, 0.25) is 0 Å². The molecule has 0 N–H and O–H groups in total. The van der Waals surface area contributed by atoms with Gasteiger partial charge in [-0.3, -0.25) is 0 Å². The number of benzene rings is 1. The molecule has 77 valence electrons. The predicted molar refractivity (Wildman–Crippen MR) is 53.6 cm³/mol. The Hall–Kier alpha value is -1.68. The van der Waals surface area contributed by atoms with Gasteiger partial charge in [-0.05, 0) is 25.5 Å². The Balaban J connectivity index is 2.44. The van der Waals surface area contributed by atoms with Crippen LogP contribution in [0.3, 0.4) is 0 Å². The highest BCUT2D eigenvalue weighted by atomic mass is 16.5. The first-order valence-corrected chi connectivity index (χ1v) is 4.69. The van der Waals surface area contributed by atoms with Crippen LogP contribution in [0.5, 0.6) is 0 Å². The van der Waals surface area contributed by atoms with Crippen LogP contribution in [-0.2, 0) is 11.7 Å². The number of nitrogens with zero attached hydrogens (tertiary/aromatic N) is 2. The summed E-state index contributed by atoms with van der Waals surface area (Å²) in [6, 6.07) is 5.94. The second-order valence-electron chi connectivity index (χ2n) is 3.48. The third kappa shape index (κ3) is 1.89. The van der Waals surface area contributed by atoms with Crippen molar-refractivity contribution >= 4 is 0 Å². The summed E-state index contributed by atoms with van der Waals surface area (Å²) in [5, 5.41) is 14.1. The van der Waals surface area contributed by atoms with E-state index in [2.05, 4.69) is 10.1 Å². The molecule has 0 bridgehead atoms. The Labute approximate surface area is 87.6 Å². The number of aryl methyl sites for hydroxylation is 2. The van der Waals surface area contributed by atoms with Crippen LogP contribution in [0.1, 0.15) is 17.0 Å². The molecule has 0 atom stereocenters. The SMILES string of the molecule is Cc1ccc(-c2nc(C[O])no2)c(C)c1. The molecule has 0 fully saturated rings. The quantitative estimate of drug-likeness (QED) is 0.752. The lowest BCUT2D eigenvalue weighted by Crippen LogP contribution is -1.86. The highest BCUT2D eigenvalue weighted by Gasteiger charge is 2.10. The summed E-state index contributed by atoms with van der Waals surface area (Å²) in [4.78, 5) is 4.00. The van der Waals surface area contributed by atoms with Gasteiger partial charge in [-0.2, -0.15) is 4.98 Å². The van der Waals surface area contributed by atoms with E-state index in [1.54, 1.807) is 0 Å². The van der Waals surface area contributed by atoms with E-state index in [4.69, 9.17) is 4.52 Å². The molecule has 0 spiro atoms. The van der Waals surface area contributed by atoms with E-state index in [-0.39, 0.29) is 5.82 Å². The molecule has 0 unspecified atom stereocenters. The molecular formula is C11H11N2O2. The molecule has 1 radical (unpaired) electrons. The molecule has 4 nitrogen and oxygen atoms in total. The summed E-state index contributed by atoms with van der Waals surface area (Å²) < 4.78 is 5.00. The van der Waals surface area contributed by atoms with Gasteiger partial charge in [0.25, 0.3) is 5.89 Å². The number of aromatic nitrogens is 2. The highest BCUT2D eigenvalue weighted by Crippen LogP contribution is 2.22. The normalized spacial score (nSPS) is 10.6. The minimum atomic E-state index is -0.450. The van der Waals surface area contributed by atoms with Gasteiger partial charge in [0.15, 0.2) is 0 Å². The van der Waals surface area contributed by atoms with Crippen molar-refractivity contribution in [3.05, 3.63) is 35.2 Å². The van der Waals surface area contributed by atoms with Gasteiger partial charge in [0.1, 0.15) is 6.61 Å². The Bertz CT molecular complexity index is 477. The van der Waals surface area contributed by atoms with Crippen LogP contribution >= 0.6 is 0 Å². The summed E-state index contributed by atoms with van der Waals surface area (Å²) in [6.45, 7) is 3.55. The monoisotopic (exact) mass is 203 g/mol. The summed E-state index contributed by atoms with van der Waals surface area (Å²) in [6.07, 6.45) is 0. The predicted octanol–water partition coefficient (Wildman–Crippen LogP) is 2.28. The van der Waals surface area contributed by atoms with Crippen molar-refractivity contribution in [1.82, 2.24) is 10.1 Å². The maximum Gasteiger partial charge on any atom is 0.258 e. The van der Waals surface area contributed by atoms with Crippen molar-refractivity contribution in [3.8, 4) is 11.5 Å². The Morgan fingerprint density at radius 1 is 1.33 bits per heavy atom. The van der Waals surface area contributed by atoms with Gasteiger partial charge >= 0.3 is 0 Å². The first kappa shape index (κ1) is 9.86. The largest absolute Gasteiger partial charge is 0.334 e. The zero-order valence-electron chi connectivity index (χ0n) is 8.65. The second-order valence-corrected chi connectivity index (χ2v) is 3.48.